The number of aliphatic hydroxyl groups is 1. The first-order chi connectivity index (χ1) is 6.88. The Balaban J connectivity index is 0.000000280. The Kier molecular flexibility index (Phi) is 8.02. The van der Waals surface area contributed by atoms with Gasteiger partial charge in [-0.05, 0) is 0 Å². The number of rotatable bonds is 2. The molecule has 2 aromatic rings. The molecule has 0 saturated heterocycles. The Morgan fingerprint density at radius 2 is 1.73 bits per heavy atom. The van der Waals surface area contributed by atoms with Crippen LogP contribution >= 0.6 is 0 Å². The molecule has 0 aliphatic carbocycles. The van der Waals surface area contributed by atoms with Crippen molar-refractivity contribution in [3.63, 3.8) is 0 Å². The van der Waals surface area contributed by atoms with Crippen LogP contribution in [0, 0.1) is 0 Å². The summed E-state index contributed by atoms with van der Waals surface area (Å²) in [7, 11) is 0. The van der Waals surface area contributed by atoms with Gasteiger partial charge in [-0.3, -0.25) is 0 Å². The van der Waals surface area contributed by atoms with Crippen molar-refractivity contribution in [2.45, 2.75) is 20.0 Å². The summed E-state index contributed by atoms with van der Waals surface area (Å²) < 4.78 is 0. The summed E-state index contributed by atoms with van der Waals surface area (Å²) in [6.45, 7) is 2.27. The SMILES string of the molecule is CC[c-]1cccc1CO.[Fe].[cH-]1[cH-][cH-][cH-][cH-]1. The molecule has 0 saturated carbocycles. The molecule has 1 nitrogen and oxygen atoms in total. The zero-order valence-corrected chi connectivity index (χ0v) is 9.94. The topological polar surface area (TPSA) is 20.2 Å². The molecule has 0 radical (unpaired) electrons. The van der Waals surface area contributed by atoms with Gasteiger partial charge in [0, 0.05) is 23.7 Å². The molecule has 1 N–H and O–H groups in total. The number of hydrogen-bond acceptors (Lipinski definition) is 1. The van der Waals surface area contributed by atoms with Gasteiger partial charge in [-0.15, -0.1) is 5.56 Å². The molecule has 2 rings (SSSR count). The number of aryl methyl sites for hydroxylation is 1. The van der Waals surface area contributed by atoms with E-state index in [0.29, 0.717) is 0 Å². The average Bonchev–Trinajstić information content (AvgIpc) is 2.91. The van der Waals surface area contributed by atoms with Crippen LogP contribution in [0.4, 0.5) is 0 Å². The minimum atomic E-state index is 0. The fourth-order valence-electron chi connectivity index (χ4n) is 1.31. The summed E-state index contributed by atoms with van der Waals surface area (Å²) in [6.07, 6.45) is 1.02. The summed E-state index contributed by atoms with van der Waals surface area (Å²) in [5, 5.41) is 8.74. The van der Waals surface area contributed by atoms with Gasteiger partial charge in [0.1, 0.15) is 0 Å². The van der Waals surface area contributed by atoms with E-state index in [2.05, 4.69) is 6.92 Å². The molecular formula is C13H16FeO-6. The van der Waals surface area contributed by atoms with Crippen LogP contribution in [0.3, 0.4) is 0 Å². The summed E-state index contributed by atoms with van der Waals surface area (Å²) in [4.78, 5) is 0. The summed E-state index contributed by atoms with van der Waals surface area (Å²) in [6, 6.07) is 16.0. The zero-order valence-electron chi connectivity index (χ0n) is 8.83. The largest absolute Gasteiger partial charge is 0.748 e. The maximum Gasteiger partial charge on any atom is 0.0455 e. The molecule has 2 aromatic carbocycles. The maximum absolute atomic E-state index is 8.74. The summed E-state index contributed by atoms with van der Waals surface area (Å²) in [5.41, 5.74) is 2.33. The molecule has 15 heavy (non-hydrogen) atoms. The van der Waals surface area contributed by atoms with E-state index in [0.717, 1.165) is 12.0 Å². The molecule has 0 heterocycles. The van der Waals surface area contributed by atoms with Crippen molar-refractivity contribution in [1.82, 2.24) is 0 Å². The van der Waals surface area contributed by atoms with Crippen LogP contribution in [0.25, 0.3) is 0 Å². The second-order valence-corrected chi connectivity index (χ2v) is 3.05. The molecule has 0 fully saturated rings. The molecule has 0 unspecified atom stereocenters. The molecule has 0 aromatic heterocycles. The third-order valence-corrected chi connectivity index (χ3v) is 2.11. The van der Waals surface area contributed by atoms with Gasteiger partial charge in [0.05, 0.1) is 0 Å². The third kappa shape index (κ3) is 4.98. The molecule has 0 bridgehead atoms. The van der Waals surface area contributed by atoms with Gasteiger partial charge in [-0.1, -0.05) is 13.3 Å². The van der Waals surface area contributed by atoms with Crippen molar-refractivity contribution in [3.8, 4) is 0 Å². The van der Waals surface area contributed by atoms with E-state index in [-0.39, 0.29) is 23.7 Å². The van der Waals surface area contributed by atoms with Gasteiger partial charge in [-0.25, -0.2) is 12.1 Å². The van der Waals surface area contributed by atoms with Crippen molar-refractivity contribution in [3.05, 3.63) is 59.7 Å². The Morgan fingerprint density at radius 1 is 1.20 bits per heavy atom. The first kappa shape index (κ1) is 14.2. The minimum absolute atomic E-state index is 0. The van der Waals surface area contributed by atoms with E-state index in [1.54, 1.807) is 0 Å². The van der Waals surface area contributed by atoms with Crippen LogP contribution in [-0.4, -0.2) is 5.11 Å². The summed E-state index contributed by atoms with van der Waals surface area (Å²) >= 11 is 0. The second-order valence-electron chi connectivity index (χ2n) is 3.05. The van der Waals surface area contributed by atoms with Gasteiger partial charge in [0.2, 0.25) is 0 Å². The van der Waals surface area contributed by atoms with Gasteiger partial charge >= 0.3 is 0 Å². The second kappa shape index (κ2) is 8.48. The van der Waals surface area contributed by atoms with E-state index in [9.17, 15) is 0 Å². The number of aliphatic hydroxyl groups excluding tert-OH is 1. The predicted molar refractivity (Wildman–Crippen MR) is 59.4 cm³/mol. The first-order valence-corrected chi connectivity index (χ1v) is 4.89. The van der Waals surface area contributed by atoms with Crippen molar-refractivity contribution >= 4 is 0 Å². The third-order valence-electron chi connectivity index (χ3n) is 2.11. The van der Waals surface area contributed by atoms with Gasteiger partial charge in [0.15, 0.2) is 0 Å². The predicted octanol–water partition coefficient (Wildman–Crippen LogP) is 2.86. The molecule has 0 amide bonds. The molecular weight excluding hydrogens is 228 g/mol. The minimum Gasteiger partial charge on any atom is -0.748 e. The molecule has 0 aliphatic heterocycles. The molecule has 0 atom stereocenters. The van der Waals surface area contributed by atoms with Gasteiger partial charge in [0.25, 0.3) is 0 Å². The number of hydrogen-bond donors (Lipinski definition) is 1. The van der Waals surface area contributed by atoms with Crippen molar-refractivity contribution in [2.75, 3.05) is 0 Å². The fourth-order valence-corrected chi connectivity index (χ4v) is 1.31. The first-order valence-electron chi connectivity index (χ1n) is 4.89. The van der Waals surface area contributed by atoms with Crippen LogP contribution in [0.5, 0.6) is 0 Å². The van der Waals surface area contributed by atoms with Crippen molar-refractivity contribution < 1.29 is 22.2 Å². The van der Waals surface area contributed by atoms with E-state index >= 15 is 0 Å². The smallest absolute Gasteiger partial charge is 0.0455 e. The van der Waals surface area contributed by atoms with E-state index in [4.69, 9.17) is 5.11 Å². The standard InChI is InChI=1S/C8H11O.C5H5.Fe/c1-2-7-4-3-5-8(7)6-9;1-2-4-5-3-1;/h3-5,9H,2,6H2,1H3;1-5H;/q-1;-5;. The zero-order chi connectivity index (χ0) is 10.2. The van der Waals surface area contributed by atoms with Crippen LogP contribution in [0.1, 0.15) is 18.1 Å². The molecule has 0 aliphatic rings. The van der Waals surface area contributed by atoms with Gasteiger partial charge < -0.3 is 35.4 Å². The van der Waals surface area contributed by atoms with Crippen LogP contribution in [0.2, 0.25) is 0 Å². The average molecular weight is 244 g/mol. The Labute approximate surface area is 102 Å². The van der Waals surface area contributed by atoms with Crippen molar-refractivity contribution in [2.24, 2.45) is 0 Å². The summed E-state index contributed by atoms with van der Waals surface area (Å²) in [5.74, 6) is 0. The van der Waals surface area contributed by atoms with E-state index in [1.807, 2.05) is 48.5 Å². The van der Waals surface area contributed by atoms with Crippen molar-refractivity contribution in [1.29, 1.82) is 0 Å². The molecule has 88 valence electrons. The van der Waals surface area contributed by atoms with Crippen LogP contribution in [-0.2, 0) is 30.1 Å². The van der Waals surface area contributed by atoms with E-state index < -0.39 is 0 Å². The normalized spacial score (nSPS) is 8.67. The fraction of sp³-hybridized carbons (Fsp3) is 0.231. The Bertz CT molecular complexity index is 286. The monoisotopic (exact) mass is 244 g/mol. The molecule has 2 heteroatoms. The Morgan fingerprint density at radius 3 is 2.07 bits per heavy atom. The van der Waals surface area contributed by atoms with Crippen LogP contribution < -0.4 is 0 Å². The van der Waals surface area contributed by atoms with E-state index in [1.165, 1.54) is 5.56 Å². The van der Waals surface area contributed by atoms with Gasteiger partial charge in [-0.2, -0.15) is 11.6 Å². The van der Waals surface area contributed by atoms with Crippen LogP contribution in [0.15, 0.2) is 48.5 Å². The maximum atomic E-state index is 8.74. The molecule has 0 spiro atoms. The quantitative estimate of drug-likeness (QED) is 0.636. The Hall–Kier alpha value is -0.821.